The zero-order chi connectivity index (χ0) is 16.1. The summed E-state index contributed by atoms with van der Waals surface area (Å²) < 4.78 is 2.00. The van der Waals surface area contributed by atoms with E-state index in [0.29, 0.717) is 12.5 Å². The van der Waals surface area contributed by atoms with Crippen molar-refractivity contribution in [2.24, 2.45) is 5.92 Å². The molecule has 2 aromatic heterocycles. The number of amides is 2. The Kier molecular flexibility index (Phi) is 5.12. The van der Waals surface area contributed by atoms with E-state index in [9.17, 15) is 4.79 Å². The molecule has 1 aliphatic heterocycles. The maximum absolute atomic E-state index is 11.9. The first-order valence-electron chi connectivity index (χ1n) is 8.41. The standard InChI is InChI=1S/C17H25N5O/c1-2-21-10-7-14(12-21)11-19-17(23)18-8-6-15-13-22-9-4-3-5-16(22)20-15/h3-5,9,13-14H,2,6-8,10-12H2,1H3,(H2,18,19,23)/t14-/m0/s1. The zero-order valence-electron chi connectivity index (χ0n) is 13.7. The summed E-state index contributed by atoms with van der Waals surface area (Å²) in [5, 5.41) is 5.89. The first-order chi connectivity index (χ1) is 11.2. The van der Waals surface area contributed by atoms with E-state index in [1.165, 1.54) is 6.42 Å². The molecule has 0 bridgehead atoms. The molecule has 0 aromatic carbocycles. The smallest absolute Gasteiger partial charge is 0.314 e. The zero-order valence-corrected chi connectivity index (χ0v) is 13.7. The van der Waals surface area contributed by atoms with Gasteiger partial charge in [0, 0.05) is 38.4 Å². The number of carbonyl (C=O) groups excluding carboxylic acids is 1. The van der Waals surface area contributed by atoms with Crippen LogP contribution in [0.25, 0.3) is 5.65 Å². The second-order valence-corrected chi connectivity index (χ2v) is 6.13. The summed E-state index contributed by atoms with van der Waals surface area (Å²) in [6, 6.07) is 5.85. The van der Waals surface area contributed by atoms with Crippen molar-refractivity contribution in [2.45, 2.75) is 19.8 Å². The lowest BCUT2D eigenvalue weighted by Crippen LogP contribution is -2.39. The Morgan fingerprint density at radius 3 is 3.09 bits per heavy atom. The predicted octanol–water partition coefficient (Wildman–Crippen LogP) is 1.52. The quantitative estimate of drug-likeness (QED) is 0.849. The van der Waals surface area contributed by atoms with E-state index >= 15 is 0 Å². The number of likely N-dealkylation sites (tertiary alicyclic amines) is 1. The summed E-state index contributed by atoms with van der Waals surface area (Å²) in [7, 11) is 0. The molecule has 3 heterocycles. The minimum Gasteiger partial charge on any atom is -0.338 e. The summed E-state index contributed by atoms with van der Waals surface area (Å²) in [4.78, 5) is 18.8. The Hall–Kier alpha value is -2.08. The minimum absolute atomic E-state index is 0.0799. The number of hydrogen-bond donors (Lipinski definition) is 2. The molecule has 124 valence electrons. The fourth-order valence-corrected chi connectivity index (χ4v) is 3.08. The number of imidazole rings is 1. The molecule has 1 saturated heterocycles. The van der Waals surface area contributed by atoms with Crippen LogP contribution in [-0.2, 0) is 6.42 Å². The van der Waals surface area contributed by atoms with Gasteiger partial charge in [-0.2, -0.15) is 0 Å². The molecule has 2 amide bonds. The Bertz CT molecular complexity index is 620. The van der Waals surface area contributed by atoms with E-state index in [1.54, 1.807) is 0 Å². The Morgan fingerprint density at radius 2 is 2.30 bits per heavy atom. The molecule has 23 heavy (non-hydrogen) atoms. The highest BCUT2D eigenvalue weighted by atomic mass is 16.2. The molecule has 1 fully saturated rings. The molecule has 2 N–H and O–H groups in total. The third-order valence-electron chi connectivity index (χ3n) is 4.45. The van der Waals surface area contributed by atoms with E-state index in [-0.39, 0.29) is 6.03 Å². The summed E-state index contributed by atoms with van der Waals surface area (Å²) in [5.74, 6) is 0.583. The van der Waals surface area contributed by atoms with Crippen molar-refractivity contribution in [1.82, 2.24) is 24.9 Å². The van der Waals surface area contributed by atoms with Crippen LogP contribution in [0.2, 0.25) is 0 Å². The van der Waals surface area contributed by atoms with Crippen molar-refractivity contribution >= 4 is 11.7 Å². The van der Waals surface area contributed by atoms with Gasteiger partial charge in [0.15, 0.2) is 0 Å². The highest BCUT2D eigenvalue weighted by Crippen LogP contribution is 2.14. The molecule has 1 aliphatic rings. The molecule has 6 nitrogen and oxygen atoms in total. The maximum atomic E-state index is 11.9. The summed E-state index contributed by atoms with van der Waals surface area (Å²) >= 11 is 0. The second kappa shape index (κ2) is 7.46. The monoisotopic (exact) mass is 315 g/mol. The van der Waals surface area contributed by atoms with Gasteiger partial charge >= 0.3 is 6.03 Å². The second-order valence-electron chi connectivity index (χ2n) is 6.13. The van der Waals surface area contributed by atoms with Crippen LogP contribution >= 0.6 is 0 Å². The number of carbonyl (C=O) groups is 1. The normalized spacial score (nSPS) is 18.4. The van der Waals surface area contributed by atoms with Crippen molar-refractivity contribution in [2.75, 3.05) is 32.7 Å². The summed E-state index contributed by atoms with van der Waals surface area (Å²) in [6.45, 7) is 6.89. The summed E-state index contributed by atoms with van der Waals surface area (Å²) in [6.07, 6.45) is 5.90. The van der Waals surface area contributed by atoms with Crippen molar-refractivity contribution in [3.05, 3.63) is 36.3 Å². The maximum Gasteiger partial charge on any atom is 0.314 e. The van der Waals surface area contributed by atoms with Crippen molar-refractivity contribution in [3.63, 3.8) is 0 Å². The lowest BCUT2D eigenvalue weighted by molar-refractivity contribution is 0.238. The minimum atomic E-state index is -0.0799. The van der Waals surface area contributed by atoms with Gasteiger partial charge in [-0.05, 0) is 37.6 Å². The number of urea groups is 1. The van der Waals surface area contributed by atoms with Gasteiger partial charge in [-0.15, -0.1) is 0 Å². The van der Waals surface area contributed by atoms with Crippen LogP contribution in [0.3, 0.4) is 0 Å². The SMILES string of the molecule is CCN1CC[C@@H](CNC(=O)NCCc2cn3ccccc3n2)C1. The van der Waals surface area contributed by atoms with Crippen LogP contribution in [-0.4, -0.2) is 53.0 Å². The molecule has 3 rings (SSSR count). The van der Waals surface area contributed by atoms with Gasteiger partial charge in [0.05, 0.1) is 5.69 Å². The lowest BCUT2D eigenvalue weighted by atomic mass is 10.1. The predicted molar refractivity (Wildman–Crippen MR) is 90.5 cm³/mol. The highest BCUT2D eigenvalue weighted by Gasteiger charge is 2.21. The number of rotatable bonds is 6. The number of aromatic nitrogens is 2. The van der Waals surface area contributed by atoms with Gasteiger partial charge < -0.3 is 19.9 Å². The van der Waals surface area contributed by atoms with Gasteiger partial charge in [-0.3, -0.25) is 0 Å². The average Bonchev–Trinajstić information content (AvgIpc) is 3.19. The van der Waals surface area contributed by atoms with Gasteiger partial charge in [-0.25, -0.2) is 9.78 Å². The van der Waals surface area contributed by atoms with E-state index in [2.05, 4.69) is 27.4 Å². The number of nitrogens with zero attached hydrogens (tertiary/aromatic N) is 3. The number of hydrogen-bond acceptors (Lipinski definition) is 3. The summed E-state index contributed by atoms with van der Waals surface area (Å²) in [5.41, 5.74) is 1.93. The molecule has 0 unspecified atom stereocenters. The number of nitrogens with one attached hydrogen (secondary N) is 2. The highest BCUT2D eigenvalue weighted by molar-refractivity contribution is 5.73. The fourth-order valence-electron chi connectivity index (χ4n) is 3.08. The van der Waals surface area contributed by atoms with Gasteiger partial charge in [-0.1, -0.05) is 13.0 Å². The van der Waals surface area contributed by atoms with E-state index in [0.717, 1.165) is 43.9 Å². The van der Waals surface area contributed by atoms with Crippen LogP contribution < -0.4 is 10.6 Å². The van der Waals surface area contributed by atoms with Crippen LogP contribution in [0.4, 0.5) is 4.79 Å². The van der Waals surface area contributed by atoms with Crippen molar-refractivity contribution < 1.29 is 4.79 Å². The van der Waals surface area contributed by atoms with E-state index in [1.807, 2.05) is 35.0 Å². The lowest BCUT2D eigenvalue weighted by Gasteiger charge is -2.14. The number of fused-ring (bicyclic) bond motifs is 1. The average molecular weight is 315 g/mol. The molecular formula is C17H25N5O. The molecule has 1 atom stereocenters. The Labute approximate surface area is 136 Å². The van der Waals surface area contributed by atoms with Gasteiger partial charge in [0.2, 0.25) is 0 Å². The first-order valence-corrected chi connectivity index (χ1v) is 8.41. The van der Waals surface area contributed by atoms with E-state index in [4.69, 9.17) is 0 Å². The molecule has 0 radical (unpaired) electrons. The third-order valence-corrected chi connectivity index (χ3v) is 4.45. The molecule has 0 aliphatic carbocycles. The third kappa shape index (κ3) is 4.22. The van der Waals surface area contributed by atoms with Crippen LogP contribution in [0.15, 0.2) is 30.6 Å². The largest absolute Gasteiger partial charge is 0.338 e. The molecule has 2 aromatic rings. The van der Waals surface area contributed by atoms with Crippen molar-refractivity contribution in [3.8, 4) is 0 Å². The van der Waals surface area contributed by atoms with Crippen molar-refractivity contribution in [1.29, 1.82) is 0 Å². The molecule has 0 spiro atoms. The Balaban J connectivity index is 1.36. The molecule has 0 saturated carbocycles. The Morgan fingerprint density at radius 1 is 1.39 bits per heavy atom. The van der Waals surface area contributed by atoms with Gasteiger partial charge in [0.25, 0.3) is 0 Å². The number of pyridine rings is 1. The van der Waals surface area contributed by atoms with E-state index < -0.39 is 0 Å². The van der Waals surface area contributed by atoms with Crippen LogP contribution in [0.1, 0.15) is 19.0 Å². The topological polar surface area (TPSA) is 61.7 Å². The first kappa shape index (κ1) is 15.8. The van der Waals surface area contributed by atoms with Crippen LogP contribution in [0.5, 0.6) is 0 Å². The fraction of sp³-hybridized carbons (Fsp3) is 0.529. The van der Waals surface area contributed by atoms with Crippen LogP contribution in [0, 0.1) is 5.92 Å². The molecule has 6 heteroatoms. The molecular weight excluding hydrogens is 290 g/mol. The van der Waals surface area contributed by atoms with Gasteiger partial charge in [0.1, 0.15) is 5.65 Å².